The molecule has 0 spiro atoms. The quantitative estimate of drug-likeness (QED) is 0.684. The predicted octanol–water partition coefficient (Wildman–Crippen LogP) is 2.94. The van der Waals surface area contributed by atoms with E-state index in [-0.39, 0.29) is 5.57 Å². The Labute approximate surface area is 117 Å². The monoisotopic (exact) mass is 263 g/mol. The van der Waals surface area contributed by atoms with Crippen molar-refractivity contribution >= 4 is 17.8 Å². The first kappa shape index (κ1) is 13.5. The van der Waals surface area contributed by atoms with Crippen molar-refractivity contribution in [3.63, 3.8) is 0 Å². The van der Waals surface area contributed by atoms with E-state index < -0.39 is 5.91 Å². The summed E-state index contributed by atoms with van der Waals surface area (Å²) in [6.45, 7) is 1.98. The fourth-order valence-electron chi connectivity index (χ4n) is 1.60. The van der Waals surface area contributed by atoms with Crippen molar-refractivity contribution in [3.8, 4) is 6.07 Å². The predicted molar refractivity (Wildman–Crippen MR) is 77.6 cm³/mol. The number of benzene rings is 1. The molecule has 0 aliphatic heterocycles. The second-order valence-electron chi connectivity index (χ2n) is 4.25. The second kappa shape index (κ2) is 6.30. The molecule has 0 saturated heterocycles. The molecule has 4 heteroatoms. The summed E-state index contributed by atoms with van der Waals surface area (Å²) in [7, 11) is 0. The lowest BCUT2D eigenvalue weighted by Crippen LogP contribution is -2.14. The zero-order chi connectivity index (χ0) is 14.4. The van der Waals surface area contributed by atoms with Gasteiger partial charge < -0.3 is 5.32 Å². The minimum Gasteiger partial charge on any atom is -0.306 e. The lowest BCUT2D eigenvalue weighted by atomic mass is 10.1. The van der Waals surface area contributed by atoms with Crippen molar-refractivity contribution in [3.05, 3.63) is 65.4 Å². The van der Waals surface area contributed by atoms with Crippen LogP contribution in [-0.4, -0.2) is 10.9 Å². The third-order valence-corrected chi connectivity index (χ3v) is 2.66. The average Bonchev–Trinajstić information content (AvgIpc) is 2.47. The van der Waals surface area contributed by atoms with Crippen LogP contribution in [0.25, 0.3) is 6.08 Å². The summed E-state index contributed by atoms with van der Waals surface area (Å²) in [5.41, 5.74) is 1.97. The highest BCUT2D eigenvalue weighted by Gasteiger charge is 2.09. The van der Waals surface area contributed by atoms with Crippen molar-refractivity contribution < 1.29 is 4.79 Å². The highest BCUT2D eigenvalue weighted by Crippen LogP contribution is 2.10. The van der Waals surface area contributed by atoms with Crippen LogP contribution >= 0.6 is 0 Å². The lowest BCUT2D eigenvalue weighted by molar-refractivity contribution is -0.112. The minimum atomic E-state index is -0.466. The number of pyridine rings is 1. The first-order valence-electron chi connectivity index (χ1n) is 6.10. The number of nitrogens with one attached hydrogen (secondary N) is 1. The molecular weight excluding hydrogens is 250 g/mol. The number of hydrogen-bond acceptors (Lipinski definition) is 3. The number of aromatic nitrogens is 1. The summed E-state index contributed by atoms with van der Waals surface area (Å²) in [5.74, 6) is -0.0469. The highest BCUT2D eigenvalue weighted by atomic mass is 16.1. The molecule has 2 aromatic rings. The smallest absolute Gasteiger partial charge is 0.267 e. The van der Waals surface area contributed by atoms with Gasteiger partial charge in [0.25, 0.3) is 5.91 Å². The van der Waals surface area contributed by atoms with Crippen LogP contribution in [0.1, 0.15) is 11.1 Å². The largest absolute Gasteiger partial charge is 0.306 e. The Morgan fingerprint density at radius 2 is 2.00 bits per heavy atom. The summed E-state index contributed by atoms with van der Waals surface area (Å²) in [4.78, 5) is 16.0. The van der Waals surface area contributed by atoms with Gasteiger partial charge in [0.05, 0.1) is 0 Å². The summed E-state index contributed by atoms with van der Waals surface area (Å²) < 4.78 is 0. The molecule has 2 rings (SSSR count). The summed E-state index contributed by atoms with van der Waals surface area (Å²) in [6.07, 6.45) is 3.13. The number of nitriles is 1. The van der Waals surface area contributed by atoms with E-state index in [1.54, 1.807) is 30.5 Å². The SMILES string of the molecule is Cc1ccc(/C=C(\C#N)C(=O)Nc2ccccn2)cc1. The summed E-state index contributed by atoms with van der Waals surface area (Å²) >= 11 is 0. The Bertz CT molecular complexity index is 667. The topological polar surface area (TPSA) is 65.8 Å². The highest BCUT2D eigenvalue weighted by molar-refractivity contribution is 6.09. The molecule has 0 unspecified atom stereocenters. The number of hydrogen-bond donors (Lipinski definition) is 1. The zero-order valence-corrected chi connectivity index (χ0v) is 11.0. The average molecular weight is 263 g/mol. The maximum absolute atomic E-state index is 12.0. The third kappa shape index (κ3) is 3.53. The number of carbonyl (C=O) groups excluding carboxylic acids is 1. The number of nitrogens with zero attached hydrogens (tertiary/aromatic N) is 2. The molecule has 0 atom stereocenters. The van der Waals surface area contributed by atoms with Gasteiger partial charge in [-0.25, -0.2) is 4.98 Å². The zero-order valence-electron chi connectivity index (χ0n) is 11.0. The molecular formula is C16H13N3O. The Hall–Kier alpha value is -2.93. The van der Waals surface area contributed by atoms with E-state index in [1.807, 2.05) is 37.3 Å². The Morgan fingerprint density at radius 1 is 1.25 bits per heavy atom. The van der Waals surface area contributed by atoms with Gasteiger partial charge in [-0.3, -0.25) is 4.79 Å². The summed E-state index contributed by atoms with van der Waals surface area (Å²) in [6, 6.07) is 14.7. The molecule has 0 radical (unpaired) electrons. The molecule has 0 aliphatic carbocycles. The van der Waals surface area contributed by atoms with Gasteiger partial charge in [-0.05, 0) is 30.7 Å². The van der Waals surface area contributed by atoms with E-state index in [1.165, 1.54) is 0 Å². The van der Waals surface area contributed by atoms with Crippen LogP contribution in [0.2, 0.25) is 0 Å². The fourth-order valence-corrected chi connectivity index (χ4v) is 1.60. The van der Waals surface area contributed by atoms with E-state index in [2.05, 4.69) is 10.3 Å². The Kier molecular flexibility index (Phi) is 4.25. The molecule has 0 bridgehead atoms. The van der Waals surface area contributed by atoms with Crippen LogP contribution in [0.5, 0.6) is 0 Å². The van der Waals surface area contributed by atoms with E-state index in [0.717, 1.165) is 11.1 Å². The molecule has 98 valence electrons. The standard InChI is InChI=1S/C16H13N3O/c1-12-5-7-13(8-6-12)10-14(11-17)16(20)19-15-4-2-3-9-18-15/h2-10H,1H3,(H,18,19,20)/b14-10+. The van der Waals surface area contributed by atoms with E-state index in [4.69, 9.17) is 5.26 Å². The number of amides is 1. The maximum Gasteiger partial charge on any atom is 0.267 e. The number of aryl methyl sites for hydroxylation is 1. The van der Waals surface area contributed by atoms with E-state index in [0.29, 0.717) is 5.82 Å². The number of anilines is 1. The van der Waals surface area contributed by atoms with Crippen LogP contribution in [-0.2, 0) is 4.79 Å². The van der Waals surface area contributed by atoms with Crippen molar-refractivity contribution in [2.24, 2.45) is 0 Å². The van der Waals surface area contributed by atoms with Crippen LogP contribution in [0.3, 0.4) is 0 Å². The van der Waals surface area contributed by atoms with Gasteiger partial charge in [-0.2, -0.15) is 5.26 Å². The molecule has 1 amide bonds. The van der Waals surface area contributed by atoms with E-state index >= 15 is 0 Å². The van der Waals surface area contributed by atoms with Gasteiger partial charge in [0.1, 0.15) is 17.5 Å². The van der Waals surface area contributed by atoms with Gasteiger partial charge in [0.2, 0.25) is 0 Å². The van der Waals surface area contributed by atoms with Gasteiger partial charge in [0, 0.05) is 6.20 Å². The minimum absolute atomic E-state index is 0.0412. The third-order valence-electron chi connectivity index (χ3n) is 2.66. The van der Waals surface area contributed by atoms with Gasteiger partial charge in [-0.1, -0.05) is 35.9 Å². The molecule has 1 N–H and O–H groups in total. The molecule has 4 nitrogen and oxygen atoms in total. The van der Waals surface area contributed by atoms with Gasteiger partial charge in [0.15, 0.2) is 0 Å². The molecule has 20 heavy (non-hydrogen) atoms. The van der Waals surface area contributed by atoms with Crippen molar-refractivity contribution in [2.75, 3.05) is 5.32 Å². The van der Waals surface area contributed by atoms with Crippen LogP contribution in [0.4, 0.5) is 5.82 Å². The second-order valence-corrected chi connectivity index (χ2v) is 4.25. The maximum atomic E-state index is 12.0. The Balaban J connectivity index is 2.18. The first-order valence-corrected chi connectivity index (χ1v) is 6.10. The van der Waals surface area contributed by atoms with E-state index in [9.17, 15) is 4.79 Å². The molecule has 0 saturated carbocycles. The van der Waals surface area contributed by atoms with Crippen molar-refractivity contribution in [1.29, 1.82) is 5.26 Å². The lowest BCUT2D eigenvalue weighted by Gasteiger charge is -2.02. The van der Waals surface area contributed by atoms with Crippen molar-refractivity contribution in [2.45, 2.75) is 6.92 Å². The van der Waals surface area contributed by atoms with Crippen LogP contribution in [0, 0.1) is 18.3 Å². The molecule has 1 heterocycles. The molecule has 1 aromatic carbocycles. The molecule has 1 aromatic heterocycles. The summed E-state index contributed by atoms with van der Waals surface area (Å²) in [5, 5.41) is 11.7. The molecule has 0 fully saturated rings. The van der Waals surface area contributed by atoms with Gasteiger partial charge in [-0.15, -0.1) is 0 Å². The van der Waals surface area contributed by atoms with Gasteiger partial charge >= 0.3 is 0 Å². The first-order chi connectivity index (χ1) is 9.69. The van der Waals surface area contributed by atoms with Crippen LogP contribution < -0.4 is 5.32 Å². The number of carbonyl (C=O) groups is 1. The molecule has 0 aliphatic rings. The Morgan fingerprint density at radius 3 is 2.60 bits per heavy atom. The normalized spacial score (nSPS) is 10.7. The number of rotatable bonds is 3. The van der Waals surface area contributed by atoms with Crippen molar-refractivity contribution in [1.82, 2.24) is 4.98 Å². The van der Waals surface area contributed by atoms with Crippen LogP contribution in [0.15, 0.2) is 54.2 Å². The fraction of sp³-hybridized carbons (Fsp3) is 0.0625.